The van der Waals surface area contributed by atoms with E-state index in [0.717, 1.165) is 19.4 Å². The summed E-state index contributed by atoms with van der Waals surface area (Å²) in [5.41, 5.74) is 0. The normalized spacial score (nSPS) is 16.0. The lowest BCUT2D eigenvalue weighted by Gasteiger charge is -2.18. The highest BCUT2D eigenvalue weighted by Crippen LogP contribution is 1.96. The lowest BCUT2D eigenvalue weighted by Crippen LogP contribution is -2.35. The molecule has 3 heteroatoms. The molecular formula is C9H21NO2. The largest absolute Gasteiger partial charge is 0.396 e. The molecule has 0 amide bonds. The van der Waals surface area contributed by atoms with Crippen molar-refractivity contribution in [2.75, 3.05) is 20.3 Å². The Morgan fingerprint density at radius 2 is 1.83 bits per heavy atom. The predicted octanol–water partition coefficient (Wildman–Crippen LogP) is 0.772. The molecule has 0 aliphatic heterocycles. The van der Waals surface area contributed by atoms with Crippen molar-refractivity contribution in [2.24, 2.45) is 0 Å². The van der Waals surface area contributed by atoms with Gasteiger partial charge in [-0.15, -0.1) is 0 Å². The molecule has 0 fully saturated rings. The molecule has 2 atom stereocenters. The molecule has 0 rings (SSSR count). The maximum atomic E-state index is 8.66. The minimum atomic E-state index is 0.255. The van der Waals surface area contributed by atoms with Gasteiger partial charge in [-0.1, -0.05) is 0 Å². The zero-order valence-corrected chi connectivity index (χ0v) is 8.34. The number of hydrogen-bond acceptors (Lipinski definition) is 3. The molecule has 0 aromatic carbocycles. The second-order valence-corrected chi connectivity index (χ2v) is 3.26. The van der Waals surface area contributed by atoms with Gasteiger partial charge in [0.05, 0.1) is 0 Å². The van der Waals surface area contributed by atoms with Gasteiger partial charge >= 0.3 is 0 Å². The number of ether oxygens (including phenoxy) is 1. The topological polar surface area (TPSA) is 41.5 Å². The van der Waals surface area contributed by atoms with Gasteiger partial charge in [0.1, 0.15) is 0 Å². The molecule has 0 aromatic heterocycles. The van der Waals surface area contributed by atoms with Crippen LogP contribution in [0, 0.1) is 0 Å². The number of aliphatic hydroxyl groups excluding tert-OH is 1. The highest BCUT2D eigenvalue weighted by atomic mass is 16.5. The zero-order valence-electron chi connectivity index (χ0n) is 8.34. The maximum Gasteiger partial charge on any atom is 0.0476 e. The third-order valence-electron chi connectivity index (χ3n) is 1.89. The standard InChI is InChI=1S/C9H21NO2/c1-8(4-6-11)10-9(2)5-7-12-3/h8-11H,4-7H2,1-3H3/t8-,9?/m1/s1. The Labute approximate surface area is 75.1 Å². The van der Waals surface area contributed by atoms with Gasteiger partial charge in [-0.25, -0.2) is 0 Å². The van der Waals surface area contributed by atoms with Crippen LogP contribution in [0.1, 0.15) is 26.7 Å². The molecule has 12 heavy (non-hydrogen) atoms. The summed E-state index contributed by atoms with van der Waals surface area (Å²) in [5.74, 6) is 0. The van der Waals surface area contributed by atoms with E-state index in [9.17, 15) is 0 Å². The minimum absolute atomic E-state index is 0.255. The summed E-state index contributed by atoms with van der Waals surface area (Å²) in [6.45, 7) is 5.26. The van der Waals surface area contributed by atoms with Crippen molar-refractivity contribution in [1.29, 1.82) is 0 Å². The van der Waals surface area contributed by atoms with Crippen molar-refractivity contribution in [3.05, 3.63) is 0 Å². The molecule has 0 spiro atoms. The summed E-state index contributed by atoms with van der Waals surface area (Å²) < 4.78 is 4.96. The van der Waals surface area contributed by atoms with Crippen LogP contribution in [0.4, 0.5) is 0 Å². The summed E-state index contributed by atoms with van der Waals surface area (Å²) in [6, 6.07) is 0.855. The fraction of sp³-hybridized carbons (Fsp3) is 1.00. The van der Waals surface area contributed by atoms with Crippen LogP contribution in [0.25, 0.3) is 0 Å². The monoisotopic (exact) mass is 175 g/mol. The first-order valence-corrected chi connectivity index (χ1v) is 4.56. The van der Waals surface area contributed by atoms with E-state index in [1.807, 2.05) is 0 Å². The zero-order chi connectivity index (χ0) is 9.40. The van der Waals surface area contributed by atoms with Gasteiger partial charge in [0, 0.05) is 32.4 Å². The summed E-state index contributed by atoms with van der Waals surface area (Å²) in [4.78, 5) is 0. The molecule has 0 radical (unpaired) electrons. The van der Waals surface area contributed by atoms with Crippen LogP contribution in [0.3, 0.4) is 0 Å². The minimum Gasteiger partial charge on any atom is -0.396 e. The number of rotatable bonds is 7. The smallest absolute Gasteiger partial charge is 0.0476 e. The second-order valence-electron chi connectivity index (χ2n) is 3.26. The highest BCUT2D eigenvalue weighted by Gasteiger charge is 2.05. The summed E-state index contributed by atoms with van der Waals surface area (Å²) in [6.07, 6.45) is 1.84. The Balaban J connectivity index is 3.33. The van der Waals surface area contributed by atoms with Gasteiger partial charge in [-0.2, -0.15) is 0 Å². The van der Waals surface area contributed by atoms with Crippen LogP contribution < -0.4 is 5.32 Å². The van der Waals surface area contributed by atoms with E-state index in [1.165, 1.54) is 0 Å². The quantitative estimate of drug-likeness (QED) is 0.600. The third-order valence-corrected chi connectivity index (χ3v) is 1.89. The van der Waals surface area contributed by atoms with E-state index >= 15 is 0 Å². The fourth-order valence-corrected chi connectivity index (χ4v) is 1.14. The van der Waals surface area contributed by atoms with Crippen LogP contribution in [-0.2, 0) is 4.74 Å². The number of nitrogens with one attached hydrogen (secondary N) is 1. The molecule has 0 heterocycles. The third kappa shape index (κ3) is 6.58. The van der Waals surface area contributed by atoms with Crippen molar-refractivity contribution < 1.29 is 9.84 Å². The van der Waals surface area contributed by atoms with Crippen LogP contribution in [0.2, 0.25) is 0 Å². The van der Waals surface area contributed by atoms with E-state index in [4.69, 9.17) is 9.84 Å². The fourth-order valence-electron chi connectivity index (χ4n) is 1.14. The molecule has 0 saturated heterocycles. The Kier molecular flexibility index (Phi) is 7.45. The first-order valence-electron chi connectivity index (χ1n) is 4.56. The average molecular weight is 175 g/mol. The van der Waals surface area contributed by atoms with E-state index < -0.39 is 0 Å². The van der Waals surface area contributed by atoms with E-state index in [-0.39, 0.29) is 6.61 Å². The molecule has 3 nitrogen and oxygen atoms in total. The van der Waals surface area contributed by atoms with Gasteiger partial charge in [-0.05, 0) is 26.7 Å². The summed E-state index contributed by atoms with van der Waals surface area (Å²) in [5, 5.41) is 12.0. The second kappa shape index (κ2) is 7.53. The predicted molar refractivity (Wildman–Crippen MR) is 50.3 cm³/mol. The number of aliphatic hydroxyl groups is 1. The first kappa shape index (κ1) is 11.9. The summed E-state index contributed by atoms with van der Waals surface area (Å²) >= 11 is 0. The van der Waals surface area contributed by atoms with Gasteiger partial charge in [0.2, 0.25) is 0 Å². The molecule has 0 aliphatic rings. The van der Waals surface area contributed by atoms with Crippen LogP contribution in [-0.4, -0.2) is 37.5 Å². The molecule has 2 N–H and O–H groups in total. The van der Waals surface area contributed by atoms with Crippen LogP contribution in [0.5, 0.6) is 0 Å². The van der Waals surface area contributed by atoms with Crippen molar-refractivity contribution in [3.8, 4) is 0 Å². The van der Waals surface area contributed by atoms with Gasteiger partial charge < -0.3 is 15.2 Å². The van der Waals surface area contributed by atoms with Gasteiger partial charge in [0.15, 0.2) is 0 Å². The van der Waals surface area contributed by atoms with E-state index in [1.54, 1.807) is 7.11 Å². The Bertz CT molecular complexity index is 98.5. The van der Waals surface area contributed by atoms with Gasteiger partial charge in [0.25, 0.3) is 0 Å². The van der Waals surface area contributed by atoms with Crippen molar-refractivity contribution in [3.63, 3.8) is 0 Å². The van der Waals surface area contributed by atoms with Crippen LogP contribution in [0.15, 0.2) is 0 Å². The number of methoxy groups -OCH3 is 1. The highest BCUT2D eigenvalue weighted by molar-refractivity contribution is 4.66. The Morgan fingerprint density at radius 1 is 1.25 bits per heavy atom. The Morgan fingerprint density at radius 3 is 2.33 bits per heavy atom. The maximum absolute atomic E-state index is 8.66. The molecule has 0 aromatic rings. The summed E-state index contributed by atoms with van der Waals surface area (Å²) in [7, 11) is 1.71. The molecule has 0 aliphatic carbocycles. The van der Waals surface area contributed by atoms with Crippen molar-refractivity contribution >= 4 is 0 Å². The van der Waals surface area contributed by atoms with Crippen LogP contribution >= 0.6 is 0 Å². The lowest BCUT2D eigenvalue weighted by molar-refractivity contribution is 0.181. The average Bonchev–Trinajstić information content (AvgIpc) is 2.01. The molecule has 0 bridgehead atoms. The molecule has 0 saturated carbocycles. The SMILES string of the molecule is COCCC(C)N[C@H](C)CCO. The molecular weight excluding hydrogens is 154 g/mol. The van der Waals surface area contributed by atoms with E-state index in [2.05, 4.69) is 19.2 Å². The van der Waals surface area contributed by atoms with E-state index in [0.29, 0.717) is 12.1 Å². The number of hydrogen-bond donors (Lipinski definition) is 2. The van der Waals surface area contributed by atoms with Gasteiger partial charge in [-0.3, -0.25) is 0 Å². The first-order chi connectivity index (χ1) is 5.70. The van der Waals surface area contributed by atoms with Crippen molar-refractivity contribution in [1.82, 2.24) is 5.32 Å². The van der Waals surface area contributed by atoms with Crippen molar-refractivity contribution in [2.45, 2.75) is 38.8 Å². The lowest BCUT2D eigenvalue weighted by atomic mass is 10.2. The molecule has 1 unspecified atom stereocenters. The Hall–Kier alpha value is -0.120. The molecule has 74 valence electrons.